The molecule has 1 rings (SSSR count). The van der Waals surface area contributed by atoms with Crippen LogP contribution in [0.5, 0.6) is 0 Å². The first kappa shape index (κ1) is 14.6. The van der Waals surface area contributed by atoms with Crippen molar-refractivity contribution in [3.8, 4) is 0 Å². The summed E-state index contributed by atoms with van der Waals surface area (Å²) in [5.41, 5.74) is 7.25. The minimum absolute atomic E-state index is 0.189. The molecule has 0 amide bonds. The van der Waals surface area contributed by atoms with E-state index in [2.05, 4.69) is 25.4 Å². The number of nitrogens with two attached hydrogens (primary N) is 1. The van der Waals surface area contributed by atoms with E-state index in [1.54, 1.807) is 0 Å². The largest absolute Gasteiger partial charge is 0.389 e. The molecule has 0 aliphatic rings. The van der Waals surface area contributed by atoms with Gasteiger partial charge < -0.3 is 11.1 Å². The Morgan fingerprint density at radius 2 is 2.18 bits per heavy atom. The molecular weight excluding hydrogens is 272 g/mol. The Morgan fingerprint density at radius 3 is 2.65 bits per heavy atom. The van der Waals surface area contributed by atoms with Crippen molar-refractivity contribution in [2.75, 3.05) is 18.1 Å². The van der Waals surface area contributed by atoms with E-state index in [0.29, 0.717) is 10.0 Å². The number of halogens is 1. The molecule has 0 aromatic heterocycles. The zero-order chi connectivity index (χ0) is 13.1. The molecule has 0 aliphatic carbocycles. The predicted octanol–water partition coefficient (Wildman–Crippen LogP) is 3.53. The van der Waals surface area contributed by atoms with Gasteiger partial charge in [-0.15, -0.1) is 0 Å². The van der Waals surface area contributed by atoms with Crippen LogP contribution in [0.4, 0.5) is 5.69 Å². The summed E-state index contributed by atoms with van der Waals surface area (Å²) in [6, 6.07) is 5.64. The lowest BCUT2D eigenvalue weighted by Crippen LogP contribution is -2.25. The van der Waals surface area contributed by atoms with E-state index in [-0.39, 0.29) is 4.75 Å². The summed E-state index contributed by atoms with van der Waals surface area (Å²) in [6.07, 6.45) is 2.10. The smallest absolute Gasteiger partial charge is 0.105 e. The molecule has 2 nitrogen and oxygen atoms in total. The Hall–Kier alpha value is -0.450. The second-order valence-electron chi connectivity index (χ2n) is 4.38. The first-order valence-corrected chi connectivity index (χ1v) is 7.25. The molecule has 1 aromatic carbocycles. The Labute approximate surface area is 117 Å². The fraction of sp³-hybridized carbons (Fsp3) is 0.417. The minimum atomic E-state index is 0.189. The van der Waals surface area contributed by atoms with E-state index in [4.69, 9.17) is 29.6 Å². The Balaban J connectivity index is 2.75. The Bertz CT molecular complexity index is 419. The average Bonchev–Trinajstić information content (AvgIpc) is 2.26. The van der Waals surface area contributed by atoms with Gasteiger partial charge in [0.15, 0.2) is 0 Å². The SMILES string of the molecule is CSC(C)(C)CNc1ccc(C(N)=S)c(Cl)c1. The van der Waals surface area contributed by atoms with Crippen molar-refractivity contribution in [1.29, 1.82) is 0 Å². The van der Waals surface area contributed by atoms with Gasteiger partial charge >= 0.3 is 0 Å². The molecule has 0 heterocycles. The normalized spacial score (nSPS) is 11.3. The predicted molar refractivity (Wildman–Crippen MR) is 83.4 cm³/mol. The molecule has 0 radical (unpaired) electrons. The van der Waals surface area contributed by atoms with Crippen molar-refractivity contribution >= 4 is 46.3 Å². The summed E-state index contributed by atoms with van der Waals surface area (Å²) >= 11 is 12.8. The molecule has 0 fully saturated rings. The zero-order valence-corrected chi connectivity index (χ0v) is 12.6. The van der Waals surface area contributed by atoms with Crippen molar-refractivity contribution in [3.05, 3.63) is 28.8 Å². The molecule has 94 valence electrons. The Morgan fingerprint density at radius 1 is 1.53 bits per heavy atom. The first-order valence-electron chi connectivity index (χ1n) is 5.24. The van der Waals surface area contributed by atoms with Crippen LogP contribution in [-0.2, 0) is 0 Å². The van der Waals surface area contributed by atoms with Gasteiger partial charge in [0.1, 0.15) is 4.99 Å². The molecule has 17 heavy (non-hydrogen) atoms. The number of nitrogens with one attached hydrogen (secondary N) is 1. The molecule has 0 spiro atoms. The average molecular weight is 289 g/mol. The number of rotatable bonds is 5. The van der Waals surface area contributed by atoms with Gasteiger partial charge in [-0.25, -0.2) is 0 Å². The quantitative estimate of drug-likeness (QED) is 0.813. The third-order valence-electron chi connectivity index (χ3n) is 2.51. The molecule has 0 saturated carbocycles. The fourth-order valence-corrected chi connectivity index (χ4v) is 1.94. The highest BCUT2D eigenvalue weighted by atomic mass is 35.5. The van der Waals surface area contributed by atoms with E-state index >= 15 is 0 Å². The van der Waals surface area contributed by atoms with Crippen molar-refractivity contribution in [2.45, 2.75) is 18.6 Å². The highest BCUT2D eigenvalue weighted by molar-refractivity contribution is 7.99. The van der Waals surface area contributed by atoms with Gasteiger partial charge in [-0.05, 0) is 38.3 Å². The van der Waals surface area contributed by atoms with Gasteiger partial charge in [0.05, 0.1) is 5.02 Å². The third-order valence-corrected chi connectivity index (χ3v) is 4.29. The molecule has 5 heteroatoms. The number of hydrogen-bond acceptors (Lipinski definition) is 3. The molecule has 0 bridgehead atoms. The topological polar surface area (TPSA) is 38.0 Å². The van der Waals surface area contributed by atoms with Crippen molar-refractivity contribution in [2.24, 2.45) is 5.73 Å². The highest BCUT2D eigenvalue weighted by Gasteiger charge is 2.15. The van der Waals surface area contributed by atoms with Crippen LogP contribution in [0, 0.1) is 0 Å². The molecule has 0 unspecified atom stereocenters. The molecule has 0 saturated heterocycles. The van der Waals surface area contributed by atoms with Gasteiger partial charge in [0.25, 0.3) is 0 Å². The maximum absolute atomic E-state index is 6.10. The maximum Gasteiger partial charge on any atom is 0.105 e. The monoisotopic (exact) mass is 288 g/mol. The van der Waals surface area contributed by atoms with Crippen LogP contribution in [0.25, 0.3) is 0 Å². The second kappa shape index (κ2) is 5.94. The number of hydrogen-bond donors (Lipinski definition) is 2. The van der Waals surface area contributed by atoms with E-state index in [9.17, 15) is 0 Å². The van der Waals surface area contributed by atoms with Crippen LogP contribution in [0.1, 0.15) is 19.4 Å². The lowest BCUT2D eigenvalue weighted by molar-refractivity contribution is 0.753. The maximum atomic E-state index is 6.10. The van der Waals surface area contributed by atoms with Crippen molar-refractivity contribution in [1.82, 2.24) is 0 Å². The van der Waals surface area contributed by atoms with Crippen LogP contribution >= 0.6 is 35.6 Å². The summed E-state index contributed by atoms with van der Waals surface area (Å²) in [5.74, 6) is 0. The van der Waals surface area contributed by atoms with Gasteiger partial charge in [-0.1, -0.05) is 23.8 Å². The fourth-order valence-electron chi connectivity index (χ4n) is 1.21. The van der Waals surface area contributed by atoms with Crippen LogP contribution in [0.3, 0.4) is 0 Å². The van der Waals surface area contributed by atoms with Crippen LogP contribution < -0.4 is 11.1 Å². The third kappa shape index (κ3) is 4.37. The van der Waals surface area contributed by atoms with Crippen molar-refractivity contribution < 1.29 is 0 Å². The van der Waals surface area contributed by atoms with E-state index in [1.165, 1.54) is 0 Å². The van der Waals surface area contributed by atoms with Gasteiger partial charge in [-0.2, -0.15) is 11.8 Å². The minimum Gasteiger partial charge on any atom is -0.389 e. The zero-order valence-electron chi connectivity index (χ0n) is 10.2. The molecule has 3 N–H and O–H groups in total. The van der Waals surface area contributed by atoms with Crippen molar-refractivity contribution in [3.63, 3.8) is 0 Å². The van der Waals surface area contributed by atoms with Gasteiger partial charge in [-0.3, -0.25) is 0 Å². The van der Waals surface area contributed by atoms with E-state index in [0.717, 1.165) is 17.8 Å². The summed E-state index contributed by atoms with van der Waals surface area (Å²) < 4.78 is 0.189. The number of anilines is 1. The highest BCUT2D eigenvalue weighted by Crippen LogP contribution is 2.24. The lowest BCUT2D eigenvalue weighted by Gasteiger charge is -2.23. The first-order chi connectivity index (χ1) is 7.85. The lowest BCUT2D eigenvalue weighted by atomic mass is 10.1. The second-order valence-corrected chi connectivity index (χ2v) is 6.74. The summed E-state index contributed by atoms with van der Waals surface area (Å²) in [6.45, 7) is 5.25. The molecular formula is C12H17ClN2S2. The molecule has 0 atom stereocenters. The Kier molecular flexibility index (Phi) is 5.10. The summed E-state index contributed by atoms with van der Waals surface area (Å²) in [5, 5.41) is 3.94. The van der Waals surface area contributed by atoms with Gasteiger partial charge in [0.2, 0.25) is 0 Å². The van der Waals surface area contributed by atoms with E-state index in [1.807, 2.05) is 30.0 Å². The standard InChI is InChI=1S/C12H17ClN2S2/c1-12(2,17-3)7-15-8-4-5-9(11(14)16)10(13)6-8/h4-6,15H,7H2,1-3H3,(H2,14,16). The number of thioether (sulfide) groups is 1. The summed E-state index contributed by atoms with van der Waals surface area (Å²) in [4.78, 5) is 0.325. The summed E-state index contributed by atoms with van der Waals surface area (Å²) in [7, 11) is 0. The van der Waals surface area contributed by atoms with Crippen LogP contribution in [0.2, 0.25) is 5.02 Å². The van der Waals surface area contributed by atoms with E-state index < -0.39 is 0 Å². The number of benzene rings is 1. The van der Waals surface area contributed by atoms with Crippen LogP contribution in [-0.4, -0.2) is 22.5 Å². The number of thiocarbonyl (C=S) groups is 1. The van der Waals surface area contributed by atoms with Crippen LogP contribution in [0.15, 0.2) is 18.2 Å². The molecule has 1 aromatic rings. The molecule has 0 aliphatic heterocycles. The van der Waals surface area contributed by atoms with Gasteiger partial charge in [0, 0.05) is 22.5 Å².